The fraction of sp³-hybridized carbons (Fsp3) is 0.600. The first-order valence-corrected chi connectivity index (χ1v) is 5.79. The Kier molecular flexibility index (Phi) is 2.02. The lowest BCUT2D eigenvalue weighted by molar-refractivity contribution is -0.117. The SMILES string of the molecule is O=C1CC(S)CN1c1cc(C2CC2)[nH]n1. The molecule has 2 aliphatic rings. The van der Waals surface area contributed by atoms with E-state index >= 15 is 0 Å². The Balaban J connectivity index is 1.82. The van der Waals surface area contributed by atoms with E-state index < -0.39 is 0 Å². The zero-order valence-corrected chi connectivity index (χ0v) is 9.20. The molecule has 1 saturated heterocycles. The molecule has 2 heterocycles. The van der Waals surface area contributed by atoms with Gasteiger partial charge in [-0.3, -0.25) is 14.8 Å². The zero-order valence-electron chi connectivity index (χ0n) is 8.31. The van der Waals surface area contributed by atoms with Gasteiger partial charge in [0.2, 0.25) is 5.91 Å². The summed E-state index contributed by atoms with van der Waals surface area (Å²) in [6, 6.07) is 2.00. The Morgan fingerprint density at radius 1 is 1.53 bits per heavy atom. The van der Waals surface area contributed by atoms with Crippen molar-refractivity contribution in [2.75, 3.05) is 11.4 Å². The van der Waals surface area contributed by atoms with Gasteiger partial charge in [0.25, 0.3) is 0 Å². The molecule has 0 bridgehead atoms. The molecule has 15 heavy (non-hydrogen) atoms. The highest BCUT2D eigenvalue weighted by Gasteiger charge is 2.31. The van der Waals surface area contributed by atoms with Crippen LogP contribution in [0.4, 0.5) is 5.82 Å². The fourth-order valence-corrected chi connectivity index (χ4v) is 2.30. The van der Waals surface area contributed by atoms with Crippen LogP contribution in [0.3, 0.4) is 0 Å². The van der Waals surface area contributed by atoms with Crippen molar-refractivity contribution in [3.05, 3.63) is 11.8 Å². The van der Waals surface area contributed by atoms with Gasteiger partial charge in [-0.1, -0.05) is 0 Å². The van der Waals surface area contributed by atoms with Gasteiger partial charge in [-0.2, -0.15) is 17.7 Å². The predicted molar refractivity (Wildman–Crippen MR) is 60.3 cm³/mol. The molecule has 0 aromatic carbocycles. The number of hydrogen-bond acceptors (Lipinski definition) is 3. The standard InChI is InChI=1S/C10H13N3OS/c14-10-3-7(15)5-13(10)9-4-8(11-12-9)6-1-2-6/h4,6-7,15H,1-3,5H2,(H,11,12). The lowest BCUT2D eigenvalue weighted by Crippen LogP contribution is -2.24. The second-order valence-electron chi connectivity index (χ2n) is 4.32. The Bertz CT molecular complexity index is 399. The van der Waals surface area contributed by atoms with Crippen molar-refractivity contribution in [1.29, 1.82) is 0 Å². The number of thiol groups is 1. The van der Waals surface area contributed by atoms with E-state index in [0.29, 0.717) is 18.9 Å². The van der Waals surface area contributed by atoms with Gasteiger partial charge in [0.1, 0.15) is 0 Å². The van der Waals surface area contributed by atoms with Crippen molar-refractivity contribution in [2.24, 2.45) is 0 Å². The highest BCUT2D eigenvalue weighted by atomic mass is 32.1. The van der Waals surface area contributed by atoms with E-state index in [2.05, 4.69) is 22.8 Å². The molecule has 3 rings (SSSR count). The minimum atomic E-state index is 0.129. The summed E-state index contributed by atoms with van der Waals surface area (Å²) in [6.07, 6.45) is 3.00. The Morgan fingerprint density at radius 2 is 2.33 bits per heavy atom. The van der Waals surface area contributed by atoms with Gasteiger partial charge in [-0.15, -0.1) is 0 Å². The average molecular weight is 223 g/mol. The number of hydrogen-bond donors (Lipinski definition) is 2. The lowest BCUT2D eigenvalue weighted by atomic mass is 10.3. The molecule has 4 nitrogen and oxygen atoms in total. The van der Waals surface area contributed by atoms with Gasteiger partial charge in [-0.25, -0.2) is 0 Å². The van der Waals surface area contributed by atoms with E-state index in [9.17, 15) is 4.79 Å². The minimum Gasteiger partial charge on any atom is -0.294 e. The van der Waals surface area contributed by atoms with E-state index in [-0.39, 0.29) is 11.2 Å². The van der Waals surface area contributed by atoms with Crippen molar-refractivity contribution >= 4 is 24.4 Å². The highest BCUT2D eigenvalue weighted by molar-refractivity contribution is 7.81. The first-order chi connectivity index (χ1) is 7.24. The molecule has 1 amide bonds. The zero-order chi connectivity index (χ0) is 10.4. The molecule has 1 aliphatic carbocycles. The van der Waals surface area contributed by atoms with Gasteiger partial charge < -0.3 is 0 Å². The summed E-state index contributed by atoms with van der Waals surface area (Å²) >= 11 is 4.32. The largest absolute Gasteiger partial charge is 0.294 e. The summed E-state index contributed by atoms with van der Waals surface area (Å²) in [7, 11) is 0. The molecular formula is C10H13N3OS. The maximum Gasteiger partial charge on any atom is 0.229 e. The number of H-pyrrole nitrogens is 1. The molecule has 1 N–H and O–H groups in total. The fourth-order valence-electron chi connectivity index (χ4n) is 1.98. The van der Waals surface area contributed by atoms with E-state index in [0.717, 1.165) is 5.82 Å². The van der Waals surface area contributed by atoms with Crippen LogP contribution in [0.5, 0.6) is 0 Å². The average Bonchev–Trinajstić information content (AvgIpc) is 2.83. The van der Waals surface area contributed by atoms with Crippen molar-refractivity contribution in [1.82, 2.24) is 10.2 Å². The number of rotatable bonds is 2. The second-order valence-corrected chi connectivity index (χ2v) is 5.05. The molecule has 2 fully saturated rings. The van der Waals surface area contributed by atoms with Crippen molar-refractivity contribution in [3.63, 3.8) is 0 Å². The van der Waals surface area contributed by atoms with Crippen LogP contribution < -0.4 is 4.90 Å². The van der Waals surface area contributed by atoms with Crippen LogP contribution in [0.25, 0.3) is 0 Å². The summed E-state index contributed by atoms with van der Waals surface area (Å²) in [5.41, 5.74) is 1.17. The van der Waals surface area contributed by atoms with E-state index in [1.54, 1.807) is 4.90 Å². The summed E-state index contributed by atoms with van der Waals surface area (Å²) in [6.45, 7) is 0.677. The van der Waals surface area contributed by atoms with Gasteiger partial charge in [0.15, 0.2) is 5.82 Å². The van der Waals surface area contributed by atoms with Crippen molar-refractivity contribution in [3.8, 4) is 0 Å². The number of anilines is 1. The third-order valence-electron chi connectivity index (χ3n) is 2.98. The lowest BCUT2D eigenvalue weighted by Gasteiger charge is -2.11. The second kappa shape index (κ2) is 3.27. The summed E-state index contributed by atoms with van der Waals surface area (Å²) in [4.78, 5) is 13.3. The maximum absolute atomic E-state index is 11.6. The summed E-state index contributed by atoms with van der Waals surface area (Å²) in [5, 5.41) is 7.35. The molecule has 1 aromatic rings. The molecule has 5 heteroatoms. The van der Waals surface area contributed by atoms with E-state index in [1.807, 2.05) is 6.07 Å². The number of carbonyl (C=O) groups excluding carboxylic acids is 1. The third-order valence-corrected chi connectivity index (χ3v) is 3.33. The molecule has 80 valence electrons. The number of aromatic nitrogens is 2. The van der Waals surface area contributed by atoms with Crippen molar-refractivity contribution < 1.29 is 4.79 Å². The molecule has 0 spiro atoms. The number of aromatic amines is 1. The summed E-state index contributed by atoms with van der Waals surface area (Å²) < 4.78 is 0. The molecule has 0 radical (unpaired) electrons. The summed E-state index contributed by atoms with van der Waals surface area (Å²) in [5.74, 6) is 1.54. The monoisotopic (exact) mass is 223 g/mol. The third kappa shape index (κ3) is 1.65. The minimum absolute atomic E-state index is 0.129. The Hall–Kier alpha value is -0.970. The Morgan fingerprint density at radius 3 is 2.93 bits per heavy atom. The molecular weight excluding hydrogens is 210 g/mol. The number of nitrogens with one attached hydrogen (secondary N) is 1. The molecule has 1 saturated carbocycles. The van der Waals surface area contributed by atoms with Gasteiger partial charge in [-0.05, 0) is 12.8 Å². The normalized spacial score (nSPS) is 26.3. The van der Waals surface area contributed by atoms with Gasteiger partial charge in [0, 0.05) is 35.9 Å². The molecule has 1 unspecified atom stereocenters. The van der Waals surface area contributed by atoms with Gasteiger partial charge in [0.05, 0.1) is 0 Å². The molecule has 1 aromatic heterocycles. The van der Waals surface area contributed by atoms with E-state index in [1.165, 1.54) is 18.5 Å². The Labute approximate surface area is 93.4 Å². The highest BCUT2D eigenvalue weighted by Crippen LogP contribution is 2.40. The smallest absolute Gasteiger partial charge is 0.229 e. The van der Waals surface area contributed by atoms with E-state index in [4.69, 9.17) is 0 Å². The number of nitrogens with zero attached hydrogens (tertiary/aromatic N) is 2. The molecule has 1 aliphatic heterocycles. The topological polar surface area (TPSA) is 49.0 Å². The number of amides is 1. The number of carbonyl (C=O) groups is 1. The quantitative estimate of drug-likeness (QED) is 0.743. The van der Waals surface area contributed by atoms with Gasteiger partial charge >= 0.3 is 0 Å². The van der Waals surface area contributed by atoms with Crippen LogP contribution in [0.2, 0.25) is 0 Å². The van der Waals surface area contributed by atoms with Crippen LogP contribution in [0.15, 0.2) is 6.07 Å². The van der Waals surface area contributed by atoms with Crippen molar-refractivity contribution in [2.45, 2.75) is 30.4 Å². The predicted octanol–water partition coefficient (Wildman–Crippen LogP) is 1.32. The van der Waals surface area contributed by atoms with Crippen LogP contribution in [0, 0.1) is 0 Å². The van der Waals surface area contributed by atoms with Crippen LogP contribution in [0.1, 0.15) is 30.9 Å². The molecule has 1 atom stereocenters. The van der Waals surface area contributed by atoms with Crippen LogP contribution in [-0.2, 0) is 4.79 Å². The van der Waals surface area contributed by atoms with Crippen LogP contribution in [-0.4, -0.2) is 27.9 Å². The first kappa shape index (κ1) is 9.27. The van der Waals surface area contributed by atoms with Crippen LogP contribution >= 0.6 is 12.6 Å². The first-order valence-electron chi connectivity index (χ1n) is 5.28. The maximum atomic E-state index is 11.6.